The molecule has 0 atom stereocenters. The van der Waals surface area contributed by atoms with Crippen molar-refractivity contribution < 1.29 is 27.3 Å². The van der Waals surface area contributed by atoms with Gasteiger partial charge in [0.05, 0.1) is 16.8 Å². The first-order valence-corrected chi connectivity index (χ1v) is 10.6. The quantitative estimate of drug-likeness (QED) is 0.460. The molecule has 3 aromatic rings. The zero-order valence-corrected chi connectivity index (χ0v) is 17.4. The van der Waals surface area contributed by atoms with Gasteiger partial charge in [-0.05, 0) is 36.4 Å². The van der Waals surface area contributed by atoms with E-state index < -0.39 is 16.1 Å². The fourth-order valence-corrected chi connectivity index (χ4v) is 3.76. The molecule has 0 saturated carbocycles. The number of hydrogen-bond acceptors (Lipinski definition) is 7. The molecule has 0 bridgehead atoms. The van der Waals surface area contributed by atoms with Crippen LogP contribution in [-0.4, -0.2) is 43.5 Å². The number of aromatic hydroxyl groups is 1. The van der Waals surface area contributed by atoms with E-state index in [0.29, 0.717) is 11.4 Å². The molecule has 4 rings (SSSR count). The summed E-state index contributed by atoms with van der Waals surface area (Å²) in [6.45, 7) is 0. The SMILES string of the molecule is CN(C)S(=O)(=O)Oc1ccc(Nc2ccc(O)c3c2C(=O)c2ccccc2C3=O)cc1. The monoisotopic (exact) mass is 438 g/mol. The Balaban J connectivity index is 1.68. The third-order valence-corrected chi connectivity index (χ3v) is 6.13. The lowest BCUT2D eigenvalue weighted by atomic mass is 9.82. The van der Waals surface area contributed by atoms with Crippen LogP contribution >= 0.6 is 0 Å². The highest BCUT2D eigenvalue weighted by molar-refractivity contribution is 7.84. The van der Waals surface area contributed by atoms with Crippen molar-refractivity contribution in [2.24, 2.45) is 0 Å². The Labute approximate surface area is 179 Å². The second kappa shape index (κ2) is 7.53. The number of nitrogens with zero attached hydrogens (tertiary/aromatic N) is 1. The van der Waals surface area contributed by atoms with Gasteiger partial charge in [-0.25, -0.2) is 0 Å². The van der Waals surface area contributed by atoms with E-state index in [-0.39, 0.29) is 39.5 Å². The van der Waals surface area contributed by atoms with Crippen LogP contribution in [0.3, 0.4) is 0 Å². The van der Waals surface area contributed by atoms with Gasteiger partial charge in [0, 0.05) is 30.9 Å². The van der Waals surface area contributed by atoms with Crippen molar-refractivity contribution >= 4 is 33.2 Å². The van der Waals surface area contributed by atoms with Crippen molar-refractivity contribution in [2.45, 2.75) is 0 Å². The molecule has 0 radical (unpaired) electrons. The topological polar surface area (TPSA) is 113 Å². The zero-order valence-electron chi connectivity index (χ0n) is 16.6. The van der Waals surface area contributed by atoms with Gasteiger partial charge < -0.3 is 14.6 Å². The molecule has 0 spiro atoms. The zero-order chi connectivity index (χ0) is 22.3. The van der Waals surface area contributed by atoms with E-state index in [4.69, 9.17) is 4.18 Å². The Hall–Kier alpha value is -3.69. The maximum atomic E-state index is 13.1. The van der Waals surface area contributed by atoms with Gasteiger partial charge in [0.15, 0.2) is 11.6 Å². The Bertz CT molecular complexity index is 1310. The maximum absolute atomic E-state index is 13.1. The number of phenols is 1. The molecular weight excluding hydrogens is 420 g/mol. The van der Waals surface area contributed by atoms with Gasteiger partial charge in [-0.1, -0.05) is 24.3 Å². The predicted molar refractivity (Wildman–Crippen MR) is 114 cm³/mol. The minimum absolute atomic E-state index is 0.0503. The molecule has 8 nitrogen and oxygen atoms in total. The first-order valence-electron chi connectivity index (χ1n) is 9.22. The Morgan fingerprint density at radius 2 is 1.42 bits per heavy atom. The van der Waals surface area contributed by atoms with Gasteiger partial charge in [0.25, 0.3) is 0 Å². The van der Waals surface area contributed by atoms with E-state index in [9.17, 15) is 23.1 Å². The number of phenolic OH excluding ortho intramolecular Hbond substituents is 1. The molecule has 0 saturated heterocycles. The molecule has 31 heavy (non-hydrogen) atoms. The van der Waals surface area contributed by atoms with Gasteiger partial charge >= 0.3 is 10.3 Å². The highest BCUT2D eigenvalue weighted by Crippen LogP contribution is 2.38. The lowest BCUT2D eigenvalue weighted by molar-refractivity contribution is 0.0977. The van der Waals surface area contributed by atoms with Gasteiger partial charge in [0.1, 0.15) is 11.5 Å². The van der Waals surface area contributed by atoms with Crippen molar-refractivity contribution in [3.05, 3.63) is 82.9 Å². The number of anilines is 2. The van der Waals surface area contributed by atoms with E-state index in [1.165, 1.54) is 38.4 Å². The number of hydrogen-bond donors (Lipinski definition) is 2. The lowest BCUT2D eigenvalue weighted by Gasteiger charge is -2.21. The summed E-state index contributed by atoms with van der Waals surface area (Å²) in [5.41, 5.74) is 1.42. The summed E-state index contributed by atoms with van der Waals surface area (Å²) in [6, 6.07) is 15.4. The van der Waals surface area contributed by atoms with Crippen molar-refractivity contribution in [1.82, 2.24) is 4.31 Å². The molecule has 0 amide bonds. The smallest absolute Gasteiger partial charge is 0.384 e. The van der Waals surface area contributed by atoms with Crippen LogP contribution in [0.15, 0.2) is 60.7 Å². The molecule has 1 aliphatic carbocycles. The van der Waals surface area contributed by atoms with Crippen molar-refractivity contribution in [3.63, 3.8) is 0 Å². The largest absolute Gasteiger partial charge is 0.507 e. The molecule has 1 aliphatic rings. The van der Waals surface area contributed by atoms with E-state index in [1.807, 2.05) is 0 Å². The van der Waals surface area contributed by atoms with E-state index in [0.717, 1.165) is 4.31 Å². The molecule has 0 unspecified atom stereocenters. The first kappa shape index (κ1) is 20.6. The summed E-state index contributed by atoms with van der Waals surface area (Å²) in [7, 11) is -1.17. The van der Waals surface area contributed by atoms with Crippen molar-refractivity contribution in [2.75, 3.05) is 19.4 Å². The van der Waals surface area contributed by atoms with Gasteiger partial charge in [-0.2, -0.15) is 12.7 Å². The standard InChI is InChI=1S/C22H18N2O6S/c1-24(2)31(28,29)30-14-9-7-13(8-10-14)23-17-11-12-18(25)20-19(17)21(26)15-5-3-4-6-16(15)22(20)27/h3-12,23,25H,1-2H3. The minimum atomic E-state index is -3.88. The van der Waals surface area contributed by atoms with E-state index in [1.54, 1.807) is 36.4 Å². The fraction of sp³-hybridized carbons (Fsp3) is 0.0909. The molecule has 0 aliphatic heterocycles. The summed E-state index contributed by atoms with van der Waals surface area (Å²) in [5, 5.41) is 13.3. The van der Waals surface area contributed by atoms with E-state index in [2.05, 4.69) is 5.32 Å². The Kier molecular flexibility index (Phi) is 5.00. The number of rotatable bonds is 5. The van der Waals surface area contributed by atoms with Gasteiger partial charge in [-0.3, -0.25) is 9.59 Å². The number of fused-ring (bicyclic) bond motifs is 2. The molecule has 9 heteroatoms. The summed E-state index contributed by atoms with van der Waals surface area (Å²) in [6.07, 6.45) is 0. The molecule has 0 aromatic heterocycles. The van der Waals surface area contributed by atoms with Crippen LogP contribution in [0, 0.1) is 0 Å². The highest BCUT2D eigenvalue weighted by atomic mass is 32.2. The predicted octanol–water partition coefficient (Wildman–Crippen LogP) is 3.10. The second-order valence-corrected chi connectivity index (χ2v) is 8.81. The van der Waals surface area contributed by atoms with Gasteiger partial charge in [-0.15, -0.1) is 0 Å². The van der Waals surface area contributed by atoms with E-state index >= 15 is 0 Å². The highest BCUT2D eigenvalue weighted by Gasteiger charge is 2.34. The summed E-state index contributed by atoms with van der Waals surface area (Å²) < 4.78 is 29.6. The Morgan fingerprint density at radius 3 is 2.00 bits per heavy atom. The van der Waals surface area contributed by atoms with Crippen LogP contribution in [0.5, 0.6) is 11.5 Å². The van der Waals surface area contributed by atoms with Crippen LogP contribution in [0.25, 0.3) is 0 Å². The summed E-state index contributed by atoms with van der Waals surface area (Å²) in [4.78, 5) is 26.0. The van der Waals surface area contributed by atoms with Crippen LogP contribution in [0.2, 0.25) is 0 Å². The second-order valence-electron chi connectivity index (χ2n) is 7.06. The number of benzene rings is 3. The average Bonchev–Trinajstić information content (AvgIpc) is 2.74. The number of carbonyl (C=O) groups is 2. The number of carbonyl (C=O) groups excluding carboxylic acids is 2. The van der Waals surface area contributed by atoms with Crippen LogP contribution < -0.4 is 9.50 Å². The van der Waals surface area contributed by atoms with Crippen LogP contribution in [0.1, 0.15) is 31.8 Å². The van der Waals surface area contributed by atoms with Crippen molar-refractivity contribution in [1.29, 1.82) is 0 Å². The summed E-state index contributed by atoms with van der Waals surface area (Å²) in [5.74, 6) is -0.956. The summed E-state index contributed by atoms with van der Waals surface area (Å²) >= 11 is 0. The maximum Gasteiger partial charge on any atom is 0.384 e. The lowest BCUT2D eigenvalue weighted by Crippen LogP contribution is -2.26. The number of ketones is 2. The molecule has 3 aromatic carbocycles. The van der Waals surface area contributed by atoms with Gasteiger partial charge in [0.2, 0.25) is 0 Å². The van der Waals surface area contributed by atoms with Crippen molar-refractivity contribution in [3.8, 4) is 11.5 Å². The number of nitrogens with one attached hydrogen (secondary N) is 1. The fourth-order valence-electron chi connectivity index (χ4n) is 3.26. The minimum Gasteiger partial charge on any atom is -0.507 e. The third kappa shape index (κ3) is 3.65. The third-order valence-electron chi connectivity index (χ3n) is 4.84. The molecule has 2 N–H and O–H groups in total. The Morgan fingerprint density at radius 1 is 0.839 bits per heavy atom. The molecule has 158 valence electrons. The molecule has 0 heterocycles. The molecule has 0 fully saturated rings. The molecular formula is C22H18N2O6S. The normalized spacial score (nSPS) is 13.0. The van der Waals surface area contributed by atoms with Crippen LogP contribution in [-0.2, 0) is 10.3 Å². The average molecular weight is 438 g/mol. The van der Waals surface area contributed by atoms with Crippen LogP contribution in [0.4, 0.5) is 11.4 Å². The first-order chi connectivity index (χ1) is 14.7.